The molecule has 0 aromatic rings. The second-order valence-corrected chi connectivity index (χ2v) is 6.42. The molecular formula is C10H19F3N2O3S. The molecule has 0 amide bonds. The summed E-state index contributed by atoms with van der Waals surface area (Å²) in [7, 11) is -3.74. The first-order valence-electron chi connectivity index (χ1n) is 6.17. The van der Waals surface area contributed by atoms with Crippen molar-refractivity contribution in [2.75, 3.05) is 26.2 Å². The highest BCUT2D eigenvalue weighted by molar-refractivity contribution is 7.87. The van der Waals surface area contributed by atoms with Gasteiger partial charge in [0.1, 0.15) is 0 Å². The van der Waals surface area contributed by atoms with Crippen LogP contribution in [0.25, 0.3) is 0 Å². The normalized spacial score (nSPS) is 22.6. The van der Waals surface area contributed by atoms with Gasteiger partial charge in [0.25, 0.3) is 10.2 Å². The zero-order valence-corrected chi connectivity index (χ0v) is 11.3. The van der Waals surface area contributed by atoms with Crippen LogP contribution in [0.5, 0.6) is 0 Å². The Morgan fingerprint density at radius 3 is 2.63 bits per heavy atom. The standard InChI is InChI=1S/C10H19F3N2O3S/c11-10(12,13)4-2-5-14-19(17,18)15-6-1-3-9(7-15)8-16/h9,14,16H,1-8H2. The molecule has 1 unspecified atom stereocenters. The molecule has 1 heterocycles. The van der Waals surface area contributed by atoms with Crippen LogP contribution in [-0.2, 0) is 10.2 Å². The van der Waals surface area contributed by atoms with Crippen molar-refractivity contribution in [3.05, 3.63) is 0 Å². The molecule has 19 heavy (non-hydrogen) atoms. The van der Waals surface area contributed by atoms with Crippen LogP contribution >= 0.6 is 0 Å². The van der Waals surface area contributed by atoms with E-state index in [1.165, 1.54) is 4.31 Å². The molecule has 0 aromatic heterocycles. The molecule has 5 nitrogen and oxygen atoms in total. The summed E-state index contributed by atoms with van der Waals surface area (Å²) in [6.07, 6.45) is -4.14. The summed E-state index contributed by atoms with van der Waals surface area (Å²) in [5, 5.41) is 9.01. The van der Waals surface area contributed by atoms with E-state index in [1.54, 1.807) is 0 Å². The minimum Gasteiger partial charge on any atom is -0.396 e. The fourth-order valence-corrected chi connectivity index (χ4v) is 3.34. The molecule has 0 radical (unpaired) electrons. The molecule has 1 aliphatic heterocycles. The van der Waals surface area contributed by atoms with Gasteiger partial charge in [0.15, 0.2) is 0 Å². The van der Waals surface area contributed by atoms with E-state index in [4.69, 9.17) is 5.11 Å². The summed E-state index contributed by atoms with van der Waals surface area (Å²) in [6.45, 7) is 0.235. The van der Waals surface area contributed by atoms with Crippen molar-refractivity contribution >= 4 is 10.2 Å². The van der Waals surface area contributed by atoms with Gasteiger partial charge in [-0.05, 0) is 25.2 Å². The van der Waals surface area contributed by atoms with E-state index in [2.05, 4.69) is 4.72 Å². The van der Waals surface area contributed by atoms with Gasteiger partial charge in [-0.2, -0.15) is 25.9 Å². The fourth-order valence-electron chi connectivity index (χ4n) is 1.98. The van der Waals surface area contributed by atoms with E-state index >= 15 is 0 Å². The predicted octanol–water partition coefficient (Wildman–Crippen LogP) is 0.868. The summed E-state index contributed by atoms with van der Waals surface area (Å²) in [4.78, 5) is 0. The van der Waals surface area contributed by atoms with Crippen LogP contribution in [-0.4, -0.2) is 50.2 Å². The first-order valence-corrected chi connectivity index (χ1v) is 7.61. The van der Waals surface area contributed by atoms with E-state index in [1.807, 2.05) is 0 Å². The van der Waals surface area contributed by atoms with Crippen LogP contribution in [0.15, 0.2) is 0 Å². The van der Waals surface area contributed by atoms with E-state index < -0.39 is 22.8 Å². The highest BCUT2D eigenvalue weighted by Gasteiger charge is 2.29. The van der Waals surface area contributed by atoms with E-state index in [0.29, 0.717) is 13.0 Å². The zero-order chi connectivity index (χ0) is 14.5. The number of aliphatic hydroxyl groups excluding tert-OH is 1. The molecule has 0 aromatic carbocycles. The number of piperidine rings is 1. The van der Waals surface area contributed by atoms with E-state index in [9.17, 15) is 21.6 Å². The molecule has 0 bridgehead atoms. The molecule has 114 valence electrons. The Balaban J connectivity index is 2.38. The van der Waals surface area contributed by atoms with Crippen LogP contribution in [0.1, 0.15) is 25.7 Å². The summed E-state index contributed by atoms with van der Waals surface area (Å²) in [5.41, 5.74) is 0. The second-order valence-electron chi connectivity index (χ2n) is 4.67. The number of alkyl halides is 3. The number of hydrogen-bond donors (Lipinski definition) is 2. The van der Waals surface area contributed by atoms with Crippen molar-refractivity contribution in [2.24, 2.45) is 5.92 Å². The third kappa shape index (κ3) is 6.07. The molecular weight excluding hydrogens is 285 g/mol. The van der Waals surface area contributed by atoms with Gasteiger partial charge in [-0.1, -0.05) is 0 Å². The maximum Gasteiger partial charge on any atom is 0.389 e. The number of rotatable bonds is 6. The SMILES string of the molecule is O=S(=O)(NCCCC(F)(F)F)N1CCCC(CO)C1. The quantitative estimate of drug-likeness (QED) is 0.715. The summed E-state index contributed by atoms with van der Waals surface area (Å²) < 4.78 is 62.7. The van der Waals surface area contributed by atoms with Crippen LogP contribution in [0.4, 0.5) is 13.2 Å². The lowest BCUT2D eigenvalue weighted by Crippen LogP contribution is -2.46. The minimum absolute atomic E-state index is 0.0832. The largest absolute Gasteiger partial charge is 0.396 e. The molecule has 0 saturated carbocycles. The molecule has 1 aliphatic rings. The van der Waals surface area contributed by atoms with Crippen molar-refractivity contribution in [3.8, 4) is 0 Å². The van der Waals surface area contributed by atoms with E-state index in [0.717, 1.165) is 6.42 Å². The van der Waals surface area contributed by atoms with Crippen molar-refractivity contribution in [1.82, 2.24) is 9.03 Å². The molecule has 1 fully saturated rings. The number of halogens is 3. The average Bonchev–Trinajstić information content (AvgIpc) is 2.34. The van der Waals surface area contributed by atoms with Crippen molar-refractivity contribution in [3.63, 3.8) is 0 Å². The first-order chi connectivity index (χ1) is 8.74. The number of nitrogens with zero attached hydrogens (tertiary/aromatic N) is 1. The second kappa shape index (κ2) is 6.87. The van der Waals surface area contributed by atoms with Crippen LogP contribution in [0.2, 0.25) is 0 Å². The summed E-state index contributed by atoms with van der Waals surface area (Å²) >= 11 is 0. The zero-order valence-electron chi connectivity index (χ0n) is 10.5. The van der Waals surface area contributed by atoms with Gasteiger partial charge < -0.3 is 5.11 Å². The third-order valence-electron chi connectivity index (χ3n) is 3.00. The molecule has 0 aliphatic carbocycles. The van der Waals surface area contributed by atoms with Gasteiger partial charge >= 0.3 is 6.18 Å². The molecule has 1 atom stereocenters. The van der Waals surface area contributed by atoms with Crippen molar-refractivity contribution < 1.29 is 26.7 Å². The predicted molar refractivity (Wildman–Crippen MR) is 63.6 cm³/mol. The molecule has 9 heteroatoms. The Hall–Kier alpha value is -0.380. The molecule has 1 saturated heterocycles. The number of nitrogens with one attached hydrogen (secondary N) is 1. The van der Waals surface area contributed by atoms with Gasteiger partial charge in [-0.25, -0.2) is 4.72 Å². The van der Waals surface area contributed by atoms with E-state index in [-0.39, 0.29) is 32.0 Å². The first kappa shape index (κ1) is 16.7. The van der Waals surface area contributed by atoms with Gasteiger partial charge in [0.2, 0.25) is 0 Å². The maximum absolute atomic E-state index is 11.9. The molecule has 1 rings (SSSR count). The Labute approximate surface area is 111 Å². The average molecular weight is 304 g/mol. The summed E-state index contributed by atoms with van der Waals surface area (Å²) in [6, 6.07) is 0. The Kier molecular flexibility index (Phi) is 6.03. The van der Waals surface area contributed by atoms with Crippen LogP contribution < -0.4 is 4.72 Å². The number of hydrogen-bond acceptors (Lipinski definition) is 3. The summed E-state index contributed by atoms with van der Waals surface area (Å²) in [5.74, 6) is -0.0968. The Bertz CT molecular complexity index is 373. The smallest absolute Gasteiger partial charge is 0.389 e. The van der Waals surface area contributed by atoms with Gasteiger partial charge in [-0.15, -0.1) is 0 Å². The highest BCUT2D eigenvalue weighted by Crippen LogP contribution is 2.21. The third-order valence-corrected chi connectivity index (χ3v) is 4.58. The highest BCUT2D eigenvalue weighted by atomic mass is 32.2. The Morgan fingerprint density at radius 2 is 2.05 bits per heavy atom. The van der Waals surface area contributed by atoms with Crippen LogP contribution in [0.3, 0.4) is 0 Å². The van der Waals surface area contributed by atoms with Crippen LogP contribution in [0, 0.1) is 5.92 Å². The fraction of sp³-hybridized carbons (Fsp3) is 1.00. The Morgan fingerprint density at radius 1 is 1.37 bits per heavy atom. The van der Waals surface area contributed by atoms with Gasteiger partial charge in [0.05, 0.1) is 0 Å². The molecule has 2 N–H and O–H groups in total. The van der Waals surface area contributed by atoms with Gasteiger partial charge in [-0.3, -0.25) is 0 Å². The topological polar surface area (TPSA) is 69.6 Å². The van der Waals surface area contributed by atoms with Crippen molar-refractivity contribution in [1.29, 1.82) is 0 Å². The molecule has 0 spiro atoms. The lowest BCUT2D eigenvalue weighted by atomic mass is 10.0. The number of aliphatic hydroxyl groups is 1. The maximum atomic E-state index is 11.9. The van der Waals surface area contributed by atoms with Crippen molar-refractivity contribution in [2.45, 2.75) is 31.9 Å². The monoisotopic (exact) mass is 304 g/mol. The lowest BCUT2D eigenvalue weighted by molar-refractivity contribution is -0.135. The van der Waals surface area contributed by atoms with Gasteiger partial charge in [0, 0.05) is 32.7 Å². The lowest BCUT2D eigenvalue weighted by Gasteiger charge is -2.30. The minimum atomic E-state index is -4.27.